The number of amides is 1. The first-order valence-corrected chi connectivity index (χ1v) is 10.1. The maximum Gasteiger partial charge on any atom is 0.238 e. The van der Waals surface area contributed by atoms with E-state index in [2.05, 4.69) is 37.2 Å². The van der Waals surface area contributed by atoms with Gasteiger partial charge in [0, 0.05) is 26.6 Å². The van der Waals surface area contributed by atoms with Crippen molar-refractivity contribution in [3.8, 4) is 5.75 Å². The summed E-state index contributed by atoms with van der Waals surface area (Å²) in [5.74, 6) is 0.151. The number of aromatic hydroxyl groups is 1. The molecule has 0 aliphatic rings. The summed E-state index contributed by atoms with van der Waals surface area (Å²) in [6.45, 7) is 2.82. The minimum Gasteiger partial charge on any atom is -0.507 e. The number of hydrogen-bond acceptors (Lipinski definition) is 3. The molecule has 6 heteroatoms. The summed E-state index contributed by atoms with van der Waals surface area (Å²) in [4.78, 5) is 14.2. The number of likely N-dealkylation sites (N-methyl/N-ethyl adjacent to an activating group) is 1. The topological polar surface area (TPSA) is 52.6 Å². The fourth-order valence-corrected chi connectivity index (χ4v) is 4.30. The Morgan fingerprint density at radius 3 is 2.48 bits per heavy atom. The lowest BCUT2D eigenvalue weighted by molar-refractivity contribution is -0.117. The van der Waals surface area contributed by atoms with Crippen molar-refractivity contribution in [1.29, 1.82) is 0 Å². The zero-order valence-electron chi connectivity index (χ0n) is 15.1. The van der Waals surface area contributed by atoms with Crippen LogP contribution in [0.15, 0.2) is 57.5 Å². The Morgan fingerprint density at radius 2 is 1.78 bits per heavy atom. The van der Waals surface area contributed by atoms with E-state index in [9.17, 15) is 9.90 Å². The van der Waals surface area contributed by atoms with Crippen molar-refractivity contribution in [2.24, 2.45) is 0 Å². The van der Waals surface area contributed by atoms with E-state index < -0.39 is 0 Å². The molecule has 4 nitrogen and oxygen atoms in total. The summed E-state index contributed by atoms with van der Waals surface area (Å²) < 4.78 is 1.80. The zero-order chi connectivity index (χ0) is 19.6. The smallest absolute Gasteiger partial charge is 0.238 e. The molecule has 0 heterocycles. The minimum absolute atomic E-state index is 0.0727. The van der Waals surface area contributed by atoms with Gasteiger partial charge < -0.3 is 10.4 Å². The van der Waals surface area contributed by atoms with Crippen LogP contribution in [0.5, 0.6) is 5.75 Å². The second kappa shape index (κ2) is 8.42. The van der Waals surface area contributed by atoms with Gasteiger partial charge in [0.15, 0.2) is 0 Å². The van der Waals surface area contributed by atoms with Crippen LogP contribution in [-0.2, 0) is 11.3 Å². The average molecular weight is 492 g/mol. The van der Waals surface area contributed by atoms with Crippen molar-refractivity contribution in [3.63, 3.8) is 0 Å². The predicted octanol–water partition coefficient (Wildman–Crippen LogP) is 5.45. The van der Waals surface area contributed by atoms with Crippen molar-refractivity contribution in [3.05, 3.63) is 68.6 Å². The van der Waals surface area contributed by atoms with E-state index in [1.807, 2.05) is 61.3 Å². The van der Waals surface area contributed by atoms with E-state index in [1.165, 1.54) is 0 Å². The van der Waals surface area contributed by atoms with E-state index in [-0.39, 0.29) is 18.2 Å². The summed E-state index contributed by atoms with van der Waals surface area (Å²) in [5.41, 5.74) is 2.88. The molecule has 0 atom stereocenters. The number of phenols is 1. The molecule has 3 aromatic rings. The van der Waals surface area contributed by atoms with Crippen LogP contribution in [0.2, 0.25) is 0 Å². The van der Waals surface area contributed by atoms with Gasteiger partial charge in [-0.15, -0.1) is 0 Å². The first kappa shape index (κ1) is 19.9. The molecular weight excluding hydrogens is 472 g/mol. The monoisotopic (exact) mass is 490 g/mol. The number of benzene rings is 3. The summed E-state index contributed by atoms with van der Waals surface area (Å²) in [7, 11) is 1.88. The highest BCUT2D eigenvalue weighted by Gasteiger charge is 2.11. The third-order valence-electron chi connectivity index (χ3n) is 4.22. The molecule has 0 saturated carbocycles. The fraction of sp³-hybridized carbons (Fsp3) is 0.190. The average Bonchev–Trinajstić information content (AvgIpc) is 2.58. The Bertz CT molecular complexity index is 988. The van der Waals surface area contributed by atoms with Crippen LogP contribution in [0.3, 0.4) is 0 Å². The number of nitrogens with one attached hydrogen (secondary N) is 1. The van der Waals surface area contributed by atoms with Gasteiger partial charge in [-0.3, -0.25) is 9.69 Å². The van der Waals surface area contributed by atoms with Gasteiger partial charge in [-0.1, -0.05) is 49.6 Å². The first-order valence-electron chi connectivity index (χ1n) is 8.47. The predicted molar refractivity (Wildman–Crippen MR) is 117 cm³/mol. The molecule has 27 heavy (non-hydrogen) atoms. The second-order valence-electron chi connectivity index (χ2n) is 6.68. The fourth-order valence-electron chi connectivity index (χ4n) is 2.97. The van der Waals surface area contributed by atoms with Crippen LogP contribution in [0.1, 0.15) is 11.1 Å². The lowest BCUT2D eigenvalue weighted by Crippen LogP contribution is -2.29. The molecule has 0 unspecified atom stereocenters. The number of carbonyl (C=O) groups is 1. The molecule has 0 spiro atoms. The summed E-state index contributed by atoms with van der Waals surface area (Å²) >= 11 is 6.99. The SMILES string of the molecule is Cc1ccc(NC(=O)CN(C)Cc2cc(O)c3cc(Br)cc(Br)c3c2)cc1. The number of fused-ring (bicyclic) bond motifs is 1. The molecule has 2 N–H and O–H groups in total. The highest BCUT2D eigenvalue weighted by molar-refractivity contribution is 9.11. The quantitative estimate of drug-likeness (QED) is 0.499. The number of halogens is 2. The third-order valence-corrected chi connectivity index (χ3v) is 5.34. The van der Waals surface area contributed by atoms with Gasteiger partial charge in [0.2, 0.25) is 5.91 Å². The Labute approximate surface area is 175 Å². The molecule has 3 aromatic carbocycles. The van der Waals surface area contributed by atoms with Crippen molar-refractivity contribution >= 4 is 54.2 Å². The molecule has 140 valence electrons. The highest BCUT2D eigenvalue weighted by atomic mass is 79.9. The van der Waals surface area contributed by atoms with Crippen LogP contribution in [0.4, 0.5) is 5.69 Å². The van der Waals surface area contributed by atoms with Crippen LogP contribution in [0.25, 0.3) is 10.8 Å². The Hall–Kier alpha value is -1.89. The normalized spacial score (nSPS) is 11.1. The maximum absolute atomic E-state index is 12.3. The zero-order valence-corrected chi connectivity index (χ0v) is 18.3. The van der Waals surface area contributed by atoms with Gasteiger partial charge in [-0.2, -0.15) is 0 Å². The number of rotatable bonds is 5. The Balaban J connectivity index is 1.69. The highest BCUT2D eigenvalue weighted by Crippen LogP contribution is 2.35. The summed E-state index contributed by atoms with van der Waals surface area (Å²) in [6.07, 6.45) is 0. The molecule has 0 fully saturated rings. The van der Waals surface area contributed by atoms with E-state index in [1.54, 1.807) is 6.07 Å². The maximum atomic E-state index is 12.3. The van der Waals surface area contributed by atoms with Crippen LogP contribution in [-0.4, -0.2) is 29.5 Å². The van der Waals surface area contributed by atoms with Gasteiger partial charge in [0.25, 0.3) is 0 Å². The van der Waals surface area contributed by atoms with Crippen LogP contribution in [0, 0.1) is 6.92 Å². The minimum atomic E-state index is -0.0727. The molecule has 3 rings (SSSR count). The van der Waals surface area contributed by atoms with E-state index in [0.717, 1.165) is 36.5 Å². The second-order valence-corrected chi connectivity index (χ2v) is 8.45. The summed E-state index contributed by atoms with van der Waals surface area (Å²) in [6, 6.07) is 15.3. The molecular formula is C21H20Br2N2O2. The van der Waals surface area contributed by atoms with Crippen molar-refractivity contribution < 1.29 is 9.90 Å². The van der Waals surface area contributed by atoms with Crippen LogP contribution < -0.4 is 5.32 Å². The molecule has 0 saturated heterocycles. The molecule has 0 aliphatic heterocycles. The van der Waals surface area contributed by atoms with Gasteiger partial charge in [0.1, 0.15) is 5.75 Å². The van der Waals surface area contributed by atoms with Crippen molar-refractivity contribution in [2.75, 3.05) is 18.9 Å². The number of hydrogen-bond donors (Lipinski definition) is 2. The largest absolute Gasteiger partial charge is 0.507 e. The lowest BCUT2D eigenvalue weighted by atomic mass is 10.1. The van der Waals surface area contributed by atoms with Crippen molar-refractivity contribution in [1.82, 2.24) is 4.90 Å². The number of anilines is 1. The molecule has 0 aromatic heterocycles. The summed E-state index contributed by atoms with van der Waals surface area (Å²) in [5, 5.41) is 15.0. The standard InChI is InChI=1S/C21H20Br2N2O2/c1-13-3-5-16(6-4-13)24-21(27)12-25(2)11-14-7-17-18(20(26)8-14)9-15(22)10-19(17)23/h3-10,26H,11-12H2,1-2H3,(H,24,27). The first-order chi connectivity index (χ1) is 12.8. The van der Waals surface area contributed by atoms with Crippen molar-refractivity contribution in [2.45, 2.75) is 13.5 Å². The Morgan fingerprint density at radius 1 is 1.07 bits per heavy atom. The molecule has 0 aliphatic carbocycles. The Kier molecular flexibility index (Phi) is 6.19. The lowest BCUT2D eigenvalue weighted by Gasteiger charge is -2.17. The number of nitrogens with zero attached hydrogens (tertiary/aromatic N) is 1. The third kappa shape index (κ3) is 5.09. The molecule has 1 amide bonds. The molecule has 0 radical (unpaired) electrons. The van der Waals surface area contributed by atoms with E-state index >= 15 is 0 Å². The van der Waals surface area contributed by atoms with Crippen LogP contribution >= 0.6 is 31.9 Å². The van der Waals surface area contributed by atoms with E-state index in [0.29, 0.717) is 6.54 Å². The van der Waals surface area contributed by atoms with Gasteiger partial charge >= 0.3 is 0 Å². The van der Waals surface area contributed by atoms with Gasteiger partial charge in [-0.05, 0) is 61.3 Å². The molecule has 0 bridgehead atoms. The van der Waals surface area contributed by atoms with E-state index in [4.69, 9.17) is 0 Å². The number of aryl methyl sites for hydroxylation is 1. The van der Waals surface area contributed by atoms with Gasteiger partial charge in [-0.25, -0.2) is 0 Å². The number of phenolic OH excluding ortho intramolecular Hbond substituents is 1. The number of carbonyl (C=O) groups excluding carboxylic acids is 1. The van der Waals surface area contributed by atoms with Gasteiger partial charge in [0.05, 0.1) is 6.54 Å².